The predicted molar refractivity (Wildman–Crippen MR) is 284 cm³/mol. The summed E-state index contributed by atoms with van der Waals surface area (Å²) in [6, 6.07) is 20.2. The third-order valence-electron chi connectivity index (χ3n) is 13.3. The van der Waals surface area contributed by atoms with Gasteiger partial charge in [-0.2, -0.15) is 0 Å². The van der Waals surface area contributed by atoms with E-state index in [2.05, 4.69) is 75.0 Å². The molecule has 69 heavy (non-hydrogen) atoms. The fourth-order valence-corrected chi connectivity index (χ4v) is 12.6. The first-order valence-corrected chi connectivity index (χ1v) is 28.0. The zero-order valence-electron chi connectivity index (χ0n) is 39.0. The highest BCUT2D eigenvalue weighted by Crippen LogP contribution is 2.47. The van der Waals surface area contributed by atoms with Gasteiger partial charge in [-0.25, -0.2) is 35.4 Å². The molecule has 0 spiro atoms. The molecular weight excluding hydrogens is 1020 g/mol. The molecule has 2 fully saturated rings. The van der Waals surface area contributed by atoms with Gasteiger partial charge in [0.1, 0.15) is 0 Å². The van der Waals surface area contributed by atoms with Crippen LogP contribution in [0, 0.1) is 11.8 Å². The Morgan fingerprint density at radius 1 is 0.696 bits per heavy atom. The number of hydrogen-bond acceptors (Lipinski definition) is 8. The second kappa shape index (κ2) is 21.6. The van der Waals surface area contributed by atoms with Crippen molar-refractivity contribution in [1.29, 1.82) is 0 Å². The lowest BCUT2D eigenvalue weighted by Crippen LogP contribution is -2.39. The van der Waals surface area contributed by atoms with Crippen molar-refractivity contribution < 1.29 is 16.8 Å². The summed E-state index contributed by atoms with van der Waals surface area (Å²) in [6.07, 6.45) is 26.9. The van der Waals surface area contributed by atoms with Gasteiger partial charge in [0.15, 0.2) is 0 Å². The first-order chi connectivity index (χ1) is 33.0. The largest absolute Gasteiger partial charge is 0.340 e. The maximum atomic E-state index is 12.1. The van der Waals surface area contributed by atoms with Crippen LogP contribution in [0.15, 0.2) is 111 Å². The number of aryl methyl sites for hydroxylation is 2. The summed E-state index contributed by atoms with van der Waals surface area (Å²) in [6.45, 7) is 5.78. The Kier molecular flexibility index (Phi) is 15.7. The smallest absolute Gasteiger partial charge is 0.211 e. The van der Waals surface area contributed by atoms with Gasteiger partial charge in [0.05, 0.1) is 54.1 Å². The van der Waals surface area contributed by atoms with Crippen LogP contribution in [0.3, 0.4) is 0 Å². The van der Waals surface area contributed by atoms with Crippen LogP contribution in [0.2, 0.25) is 10.0 Å². The number of fused-ring (bicyclic) bond motifs is 4. The molecule has 0 amide bonds. The highest BCUT2D eigenvalue weighted by Gasteiger charge is 2.37. The van der Waals surface area contributed by atoms with Crippen LogP contribution in [0.25, 0.3) is 34.4 Å². The van der Waals surface area contributed by atoms with Crippen molar-refractivity contribution >= 4 is 93.5 Å². The van der Waals surface area contributed by atoms with Gasteiger partial charge in [0.25, 0.3) is 0 Å². The Morgan fingerprint density at radius 2 is 1.22 bits per heavy atom. The van der Waals surface area contributed by atoms with Gasteiger partial charge >= 0.3 is 0 Å². The zero-order chi connectivity index (χ0) is 49.0. The average Bonchev–Trinajstić information content (AvgIpc) is 3.89. The van der Waals surface area contributed by atoms with E-state index in [1.54, 1.807) is 33.5 Å². The topological polar surface area (TPSA) is 136 Å². The molecule has 4 aromatic heterocycles. The number of hydrogen-bond donors (Lipinski definition) is 0. The van der Waals surface area contributed by atoms with E-state index in [9.17, 15) is 16.8 Å². The summed E-state index contributed by atoms with van der Waals surface area (Å²) in [7, 11) is -2.44. The Morgan fingerprint density at radius 3 is 1.68 bits per heavy atom. The molecule has 6 heterocycles. The van der Waals surface area contributed by atoms with Gasteiger partial charge in [0.2, 0.25) is 20.0 Å². The number of aromatic nitrogens is 6. The minimum absolute atomic E-state index is 0.0576. The molecule has 0 N–H and O–H groups in total. The minimum Gasteiger partial charge on any atom is -0.340 e. The number of benzene rings is 2. The lowest BCUT2D eigenvalue weighted by Gasteiger charge is -2.35. The quantitative estimate of drug-likeness (QED) is 0.154. The average molecular weight is 1070 g/mol. The van der Waals surface area contributed by atoms with Gasteiger partial charge in [-0.05, 0) is 126 Å². The second-order valence-electron chi connectivity index (χ2n) is 17.9. The van der Waals surface area contributed by atoms with Crippen LogP contribution < -0.4 is 0 Å². The molecule has 0 radical (unpaired) electrons. The van der Waals surface area contributed by atoms with Crippen molar-refractivity contribution in [3.05, 3.63) is 177 Å². The molecule has 0 bridgehead atoms. The van der Waals surface area contributed by atoms with E-state index in [0.29, 0.717) is 42.1 Å². The van der Waals surface area contributed by atoms with Gasteiger partial charge < -0.3 is 9.13 Å². The number of pyridine rings is 2. The molecule has 2 saturated heterocycles. The molecule has 17 heteroatoms. The van der Waals surface area contributed by atoms with Crippen LogP contribution in [0.1, 0.15) is 93.7 Å². The summed E-state index contributed by atoms with van der Waals surface area (Å²) < 4.78 is 55.9. The van der Waals surface area contributed by atoms with E-state index in [1.807, 2.05) is 84.3 Å². The molecule has 2 aliphatic heterocycles. The molecule has 6 aromatic rings. The monoisotopic (exact) mass is 1070 g/mol. The lowest BCUT2D eigenvalue weighted by atomic mass is 9.76. The van der Waals surface area contributed by atoms with Crippen molar-refractivity contribution in [3.8, 4) is 0 Å². The highest BCUT2D eigenvalue weighted by molar-refractivity contribution is 9.15. The fraction of sp³-hybridized carbons (Fsp3) is 0.308. The number of piperidine rings is 2. The Hall–Kier alpha value is -5.00. The second-order valence-corrected chi connectivity index (χ2v) is 23.6. The van der Waals surface area contributed by atoms with E-state index < -0.39 is 20.0 Å². The summed E-state index contributed by atoms with van der Waals surface area (Å²) in [5.74, 6) is 0.770. The summed E-state index contributed by atoms with van der Waals surface area (Å²) in [5, 5.41) is 1.39. The molecule has 2 unspecified atom stereocenters. The van der Waals surface area contributed by atoms with Crippen molar-refractivity contribution in [2.75, 3.05) is 38.7 Å². The fourth-order valence-electron chi connectivity index (χ4n) is 9.87. The third-order valence-corrected chi connectivity index (χ3v) is 17.0. The SMILES string of the molecule is C=Cc1cncn1C.CS(=O)(=O)N1CCC(C2c3ccc(Cl)cc3C=C(Br)c3cccnc32)CC1.Cn1cnc(/C=C/C2=Cc3cc(Cl)ccc3C(C3CCN(S(C)(=O)=O)CC3)c3ncccc32)c1. The maximum Gasteiger partial charge on any atom is 0.211 e. The van der Waals surface area contributed by atoms with Gasteiger partial charge in [-0.3, -0.25) is 9.97 Å². The van der Waals surface area contributed by atoms with Crippen LogP contribution in [0.5, 0.6) is 0 Å². The molecule has 4 aliphatic rings. The molecule has 2 aromatic carbocycles. The highest BCUT2D eigenvalue weighted by atomic mass is 79.9. The Bertz CT molecular complexity index is 3170. The number of sulfonamides is 2. The third kappa shape index (κ3) is 11.8. The lowest BCUT2D eigenvalue weighted by molar-refractivity contribution is 0.256. The molecule has 10 rings (SSSR count). The van der Waals surface area contributed by atoms with Crippen LogP contribution in [-0.4, -0.2) is 93.2 Å². The standard InChI is InChI=1S/C26H27ClN4O2S.C20H20BrClN2O2S.C6H8N2/c1-30-16-22(29-17-30)7-5-19-14-20-15-21(27)6-8-23(20)25(26-24(19)4-3-11-28-26)18-9-12-31(13-10-18)34(2,32)33;1-27(25,26)24-9-6-13(7-10-24)19-16-5-4-15(22)11-14(16)12-18(21)17-3-2-8-23-20(17)19;1-3-6-4-7-5-8(6)2/h3-8,11,14-18,25H,9-10,12-13H2,1-2H3;2-5,8,11-13,19H,6-7,9-10H2,1H3;3-5H,1H2,2H3/b7-5+;;. The number of allylic oxidation sites excluding steroid dienone is 2. The molecular formula is C52H55BrCl2N8O4S2. The van der Waals surface area contributed by atoms with E-state index in [1.165, 1.54) is 23.6 Å². The first kappa shape index (κ1) is 50.4. The van der Waals surface area contributed by atoms with Gasteiger partial charge in [-0.1, -0.05) is 76.1 Å². The zero-order valence-corrected chi connectivity index (χ0v) is 43.7. The van der Waals surface area contributed by atoms with Gasteiger partial charge in [-0.15, -0.1) is 0 Å². The minimum atomic E-state index is -3.18. The van der Waals surface area contributed by atoms with Gasteiger partial charge in [0, 0.05) is 96.4 Å². The van der Waals surface area contributed by atoms with E-state index in [4.69, 9.17) is 33.2 Å². The van der Waals surface area contributed by atoms with Crippen molar-refractivity contribution in [2.45, 2.75) is 37.5 Å². The molecule has 2 aliphatic carbocycles. The summed E-state index contributed by atoms with van der Waals surface area (Å²) in [4.78, 5) is 17.9. The predicted octanol–water partition coefficient (Wildman–Crippen LogP) is 10.6. The van der Waals surface area contributed by atoms with E-state index >= 15 is 0 Å². The van der Waals surface area contributed by atoms with Crippen LogP contribution in [0.4, 0.5) is 0 Å². The van der Waals surface area contributed by atoms with E-state index in [-0.39, 0.29) is 17.8 Å². The number of halogens is 3. The number of imidazole rings is 2. The van der Waals surface area contributed by atoms with E-state index in [0.717, 1.165) is 80.8 Å². The Balaban J connectivity index is 0.000000163. The summed E-state index contributed by atoms with van der Waals surface area (Å²) >= 11 is 16.4. The van der Waals surface area contributed by atoms with Crippen molar-refractivity contribution in [3.63, 3.8) is 0 Å². The molecule has 360 valence electrons. The first-order valence-electron chi connectivity index (χ1n) is 22.7. The normalized spacial score (nSPS) is 18.9. The van der Waals surface area contributed by atoms with Crippen LogP contribution >= 0.6 is 39.1 Å². The maximum absolute atomic E-state index is 12.1. The molecule has 12 nitrogen and oxygen atoms in total. The van der Waals surface area contributed by atoms with Crippen LogP contribution in [-0.2, 0) is 34.1 Å². The Labute approximate surface area is 424 Å². The van der Waals surface area contributed by atoms with Crippen molar-refractivity contribution in [2.24, 2.45) is 25.9 Å². The molecule has 2 atom stereocenters. The summed E-state index contributed by atoms with van der Waals surface area (Å²) in [5.41, 5.74) is 11.8. The molecule has 0 saturated carbocycles. The number of nitrogens with zero attached hydrogens (tertiary/aromatic N) is 8. The van der Waals surface area contributed by atoms with Crippen molar-refractivity contribution in [1.82, 2.24) is 37.7 Å². The number of rotatable bonds is 7.